The van der Waals surface area contributed by atoms with Gasteiger partial charge in [-0.05, 0) is 37.0 Å². The number of hydrogen-bond acceptors (Lipinski definition) is 5. The van der Waals surface area contributed by atoms with E-state index in [1.54, 1.807) is 11.3 Å². The summed E-state index contributed by atoms with van der Waals surface area (Å²) in [6.45, 7) is 6.47. The van der Waals surface area contributed by atoms with E-state index in [1.807, 2.05) is 35.7 Å². The predicted molar refractivity (Wildman–Crippen MR) is 111 cm³/mol. The molecule has 2 aromatic rings. The number of carbonyl (C=O) groups is 1. The lowest BCUT2D eigenvalue weighted by atomic mass is 10.3. The van der Waals surface area contributed by atoms with Gasteiger partial charge in [-0.3, -0.25) is 4.90 Å². The van der Waals surface area contributed by atoms with Crippen LogP contribution in [0.2, 0.25) is 0 Å². The highest BCUT2D eigenvalue weighted by Gasteiger charge is 2.14. The van der Waals surface area contributed by atoms with Gasteiger partial charge in [0.05, 0.1) is 5.69 Å². The average Bonchev–Trinajstić information content (AvgIpc) is 3.18. The Morgan fingerprint density at radius 1 is 1.15 bits per heavy atom. The lowest BCUT2D eigenvalue weighted by molar-refractivity contribution is 0.134. The van der Waals surface area contributed by atoms with Crippen LogP contribution in [0.15, 0.2) is 41.8 Å². The van der Waals surface area contributed by atoms with Gasteiger partial charge in [0.2, 0.25) is 0 Å². The summed E-state index contributed by atoms with van der Waals surface area (Å²) in [4.78, 5) is 18.2. The molecular weight excluding hydrogens is 360 g/mol. The zero-order valence-corrected chi connectivity index (χ0v) is 16.6. The number of nitrogens with one attached hydrogen (secondary N) is 2. The first-order valence-electron chi connectivity index (χ1n) is 9.40. The minimum atomic E-state index is -0.207. The molecule has 0 atom stereocenters. The molecule has 1 saturated heterocycles. The van der Waals surface area contributed by atoms with Gasteiger partial charge in [0.1, 0.15) is 12.4 Å². The van der Waals surface area contributed by atoms with Crippen LogP contribution in [-0.4, -0.2) is 68.8 Å². The molecule has 3 rings (SSSR count). The molecule has 1 aromatic heterocycles. The zero-order valence-electron chi connectivity index (χ0n) is 15.8. The smallest absolute Gasteiger partial charge is 0.319 e. The Balaban J connectivity index is 1.41. The Morgan fingerprint density at radius 2 is 1.96 bits per heavy atom. The van der Waals surface area contributed by atoms with E-state index >= 15 is 0 Å². The van der Waals surface area contributed by atoms with Crippen LogP contribution < -0.4 is 15.4 Å². The highest BCUT2D eigenvalue weighted by atomic mass is 32.1. The van der Waals surface area contributed by atoms with Crippen molar-refractivity contribution in [1.29, 1.82) is 0 Å². The minimum absolute atomic E-state index is 0.207. The molecule has 146 valence electrons. The second kappa shape index (κ2) is 10.3. The predicted octanol–water partition coefficient (Wildman–Crippen LogP) is 2.74. The molecule has 27 heavy (non-hydrogen) atoms. The molecule has 2 N–H and O–H groups in total. The summed E-state index contributed by atoms with van der Waals surface area (Å²) < 4.78 is 5.93. The van der Waals surface area contributed by atoms with Crippen molar-refractivity contribution in [3.8, 4) is 5.75 Å². The van der Waals surface area contributed by atoms with Crippen LogP contribution >= 0.6 is 11.3 Å². The SMILES string of the molecule is CN1CCN(CCOc2ccccc2NC(=O)NCCc2cccs2)CC1. The molecule has 1 aliphatic heterocycles. The highest BCUT2D eigenvalue weighted by molar-refractivity contribution is 7.09. The van der Waals surface area contributed by atoms with E-state index in [0.717, 1.165) is 39.1 Å². The molecule has 0 bridgehead atoms. The third-order valence-corrected chi connectivity index (χ3v) is 5.57. The van der Waals surface area contributed by atoms with Crippen molar-refractivity contribution in [3.63, 3.8) is 0 Å². The van der Waals surface area contributed by atoms with Gasteiger partial charge in [-0.15, -0.1) is 11.3 Å². The first-order chi connectivity index (χ1) is 13.2. The lowest BCUT2D eigenvalue weighted by Gasteiger charge is -2.32. The topological polar surface area (TPSA) is 56.8 Å². The summed E-state index contributed by atoms with van der Waals surface area (Å²) in [5.74, 6) is 0.708. The molecule has 1 aliphatic rings. The van der Waals surface area contributed by atoms with Crippen molar-refractivity contribution in [2.24, 2.45) is 0 Å². The molecule has 0 spiro atoms. The van der Waals surface area contributed by atoms with Crippen molar-refractivity contribution >= 4 is 23.1 Å². The summed E-state index contributed by atoms with van der Waals surface area (Å²) in [5, 5.41) is 7.84. The second-order valence-electron chi connectivity index (χ2n) is 6.70. The maximum absolute atomic E-state index is 12.2. The third kappa shape index (κ3) is 6.53. The van der Waals surface area contributed by atoms with Gasteiger partial charge >= 0.3 is 6.03 Å². The van der Waals surface area contributed by atoms with Gasteiger partial charge in [0.15, 0.2) is 0 Å². The Kier molecular flexibility index (Phi) is 7.50. The van der Waals surface area contributed by atoms with E-state index < -0.39 is 0 Å². The number of para-hydroxylation sites is 2. The first kappa shape index (κ1) is 19.7. The number of hydrogen-bond donors (Lipinski definition) is 2. The molecule has 7 heteroatoms. The molecule has 2 heterocycles. The molecule has 1 aromatic carbocycles. The monoisotopic (exact) mass is 388 g/mol. The molecule has 0 saturated carbocycles. The molecule has 0 unspecified atom stereocenters. The van der Waals surface area contributed by atoms with E-state index in [4.69, 9.17) is 4.74 Å². The van der Waals surface area contributed by atoms with E-state index in [0.29, 0.717) is 24.6 Å². The van der Waals surface area contributed by atoms with Gasteiger partial charge in [-0.1, -0.05) is 18.2 Å². The van der Waals surface area contributed by atoms with Gasteiger partial charge in [-0.2, -0.15) is 0 Å². The molecule has 6 nitrogen and oxygen atoms in total. The quantitative estimate of drug-likeness (QED) is 0.730. The van der Waals surface area contributed by atoms with Crippen LogP contribution in [0.25, 0.3) is 0 Å². The van der Waals surface area contributed by atoms with E-state index in [9.17, 15) is 4.79 Å². The van der Waals surface area contributed by atoms with Gasteiger partial charge in [-0.25, -0.2) is 4.79 Å². The number of amides is 2. The highest BCUT2D eigenvalue weighted by Crippen LogP contribution is 2.23. The van der Waals surface area contributed by atoms with Crippen LogP contribution in [0.1, 0.15) is 4.88 Å². The van der Waals surface area contributed by atoms with Crippen LogP contribution in [0.3, 0.4) is 0 Å². The number of ether oxygens (including phenoxy) is 1. The molecular formula is C20H28N4O2S. The van der Waals surface area contributed by atoms with Crippen LogP contribution in [0.5, 0.6) is 5.75 Å². The number of anilines is 1. The van der Waals surface area contributed by atoms with Crippen LogP contribution in [0, 0.1) is 0 Å². The van der Waals surface area contributed by atoms with Crippen LogP contribution in [-0.2, 0) is 6.42 Å². The van der Waals surface area contributed by atoms with Gasteiger partial charge in [0.25, 0.3) is 0 Å². The normalized spacial score (nSPS) is 15.4. The second-order valence-corrected chi connectivity index (χ2v) is 7.73. The summed E-state index contributed by atoms with van der Waals surface area (Å²) in [6, 6.07) is 11.5. The van der Waals surface area contributed by atoms with Crippen molar-refractivity contribution < 1.29 is 9.53 Å². The van der Waals surface area contributed by atoms with E-state index in [-0.39, 0.29) is 6.03 Å². The zero-order chi connectivity index (χ0) is 18.9. The molecule has 0 aliphatic carbocycles. The molecule has 1 fully saturated rings. The number of benzene rings is 1. The number of likely N-dealkylation sites (N-methyl/N-ethyl adjacent to an activating group) is 1. The fourth-order valence-electron chi connectivity index (χ4n) is 2.97. The number of piperazine rings is 1. The van der Waals surface area contributed by atoms with Crippen LogP contribution in [0.4, 0.5) is 10.5 Å². The van der Waals surface area contributed by atoms with Crippen molar-refractivity contribution in [2.75, 3.05) is 58.2 Å². The molecule has 2 amide bonds. The van der Waals surface area contributed by atoms with Crippen molar-refractivity contribution in [3.05, 3.63) is 46.7 Å². The third-order valence-electron chi connectivity index (χ3n) is 4.63. The maximum Gasteiger partial charge on any atom is 0.319 e. The lowest BCUT2D eigenvalue weighted by Crippen LogP contribution is -2.45. The number of thiophene rings is 1. The summed E-state index contributed by atoms with van der Waals surface area (Å²) in [5.41, 5.74) is 0.699. The van der Waals surface area contributed by atoms with Gasteiger partial charge in [0, 0.05) is 44.1 Å². The number of nitrogens with zero attached hydrogens (tertiary/aromatic N) is 2. The maximum atomic E-state index is 12.2. The fourth-order valence-corrected chi connectivity index (χ4v) is 3.68. The van der Waals surface area contributed by atoms with Crippen molar-refractivity contribution in [2.45, 2.75) is 6.42 Å². The average molecular weight is 389 g/mol. The van der Waals surface area contributed by atoms with Gasteiger partial charge < -0.3 is 20.3 Å². The minimum Gasteiger partial charge on any atom is -0.490 e. The molecule has 0 radical (unpaired) electrons. The number of carbonyl (C=O) groups excluding carboxylic acids is 1. The Labute approximate surface area is 165 Å². The van der Waals surface area contributed by atoms with E-state index in [1.165, 1.54) is 4.88 Å². The Morgan fingerprint density at radius 3 is 2.74 bits per heavy atom. The Bertz CT molecular complexity index is 700. The van der Waals surface area contributed by atoms with E-state index in [2.05, 4.69) is 33.5 Å². The number of rotatable bonds is 8. The summed E-state index contributed by atoms with van der Waals surface area (Å²) >= 11 is 1.70. The largest absolute Gasteiger partial charge is 0.490 e. The standard InChI is InChI=1S/C20H28N4O2S/c1-23-10-12-24(13-11-23)14-15-26-19-7-3-2-6-18(19)22-20(25)21-9-8-17-5-4-16-27-17/h2-7,16H,8-15H2,1H3,(H2,21,22,25). The number of urea groups is 1. The Hall–Kier alpha value is -2.09. The fraction of sp³-hybridized carbons (Fsp3) is 0.450. The summed E-state index contributed by atoms with van der Waals surface area (Å²) in [7, 11) is 2.15. The summed E-state index contributed by atoms with van der Waals surface area (Å²) in [6.07, 6.45) is 0.842. The first-order valence-corrected chi connectivity index (χ1v) is 10.3. The van der Waals surface area contributed by atoms with Crippen molar-refractivity contribution in [1.82, 2.24) is 15.1 Å².